The summed E-state index contributed by atoms with van der Waals surface area (Å²) in [5.41, 5.74) is 1.06. The highest BCUT2D eigenvalue weighted by molar-refractivity contribution is 5.89. The first kappa shape index (κ1) is 16.1. The number of carbonyl (C=O) groups is 1. The number of nitrogens with zero attached hydrogens (tertiary/aromatic N) is 6. The van der Waals surface area contributed by atoms with E-state index in [1.807, 2.05) is 6.07 Å². The Morgan fingerprint density at radius 1 is 1.32 bits per heavy atom. The van der Waals surface area contributed by atoms with Crippen molar-refractivity contribution in [3.63, 3.8) is 0 Å². The Balaban J connectivity index is 0.00000176. The first-order chi connectivity index (χ1) is 10.3. The largest absolute Gasteiger partial charge is 0.368 e. The van der Waals surface area contributed by atoms with Crippen LogP contribution >= 0.6 is 12.4 Å². The van der Waals surface area contributed by atoms with Gasteiger partial charge in [0.05, 0.1) is 11.9 Å². The van der Waals surface area contributed by atoms with Crippen molar-refractivity contribution in [1.29, 1.82) is 0 Å². The Hall–Kier alpha value is -2.26. The van der Waals surface area contributed by atoms with Crippen molar-refractivity contribution in [2.24, 2.45) is 0 Å². The van der Waals surface area contributed by atoms with Crippen molar-refractivity contribution >= 4 is 29.8 Å². The molecule has 1 aliphatic heterocycles. The Bertz CT molecular complexity index is 582. The van der Waals surface area contributed by atoms with Crippen LogP contribution < -0.4 is 15.5 Å². The zero-order valence-corrected chi connectivity index (χ0v) is 12.7. The second-order valence-electron chi connectivity index (χ2n) is 4.69. The third-order valence-corrected chi connectivity index (χ3v) is 3.19. The lowest BCUT2D eigenvalue weighted by atomic mass is 10.3. The smallest absolute Gasteiger partial charge is 0.247 e. The number of pyridine rings is 1. The van der Waals surface area contributed by atoms with E-state index in [9.17, 15) is 4.79 Å². The SMILES string of the molecule is Cl.O=C(Cn1cnnn1)Nc1ccc(N2CCNCC2)cn1. The highest BCUT2D eigenvalue weighted by Crippen LogP contribution is 2.15. The molecule has 22 heavy (non-hydrogen) atoms. The number of rotatable bonds is 4. The molecule has 10 heteroatoms. The van der Waals surface area contributed by atoms with E-state index >= 15 is 0 Å². The quantitative estimate of drug-likeness (QED) is 0.784. The number of halogens is 1. The first-order valence-electron chi connectivity index (χ1n) is 6.73. The van der Waals surface area contributed by atoms with Crippen LogP contribution in [-0.2, 0) is 11.3 Å². The minimum atomic E-state index is -0.218. The lowest BCUT2D eigenvalue weighted by Crippen LogP contribution is -2.43. The molecule has 0 saturated carbocycles. The molecule has 1 saturated heterocycles. The number of carbonyl (C=O) groups excluding carboxylic acids is 1. The number of tetrazole rings is 1. The molecule has 2 aromatic rings. The predicted octanol–water partition coefficient (Wildman–Crippen LogP) is -0.462. The van der Waals surface area contributed by atoms with Crippen molar-refractivity contribution in [1.82, 2.24) is 30.5 Å². The van der Waals surface area contributed by atoms with E-state index in [1.54, 1.807) is 12.3 Å². The highest BCUT2D eigenvalue weighted by Gasteiger charge is 2.11. The molecule has 0 spiro atoms. The van der Waals surface area contributed by atoms with Gasteiger partial charge >= 0.3 is 0 Å². The van der Waals surface area contributed by atoms with Crippen LogP contribution in [0.4, 0.5) is 11.5 Å². The molecule has 1 amide bonds. The van der Waals surface area contributed by atoms with Crippen LogP contribution in [0.15, 0.2) is 24.7 Å². The first-order valence-corrected chi connectivity index (χ1v) is 6.73. The van der Waals surface area contributed by atoms with Gasteiger partial charge in [-0.1, -0.05) is 0 Å². The summed E-state index contributed by atoms with van der Waals surface area (Å²) >= 11 is 0. The number of amides is 1. The molecule has 0 atom stereocenters. The average Bonchev–Trinajstić information content (AvgIpc) is 3.02. The summed E-state index contributed by atoms with van der Waals surface area (Å²) in [6.45, 7) is 3.95. The number of anilines is 2. The van der Waals surface area contributed by atoms with E-state index in [4.69, 9.17) is 0 Å². The zero-order valence-electron chi connectivity index (χ0n) is 11.8. The number of aromatic nitrogens is 5. The molecule has 3 rings (SSSR count). The molecule has 2 N–H and O–H groups in total. The van der Waals surface area contributed by atoms with E-state index in [1.165, 1.54) is 11.0 Å². The van der Waals surface area contributed by atoms with E-state index in [0.29, 0.717) is 5.82 Å². The topological polar surface area (TPSA) is 101 Å². The standard InChI is InChI=1S/C12H16N8O.ClH/c21-12(8-20-9-15-17-18-20)16-11-2-1-10(7-14-11)19-5-3-13-4-6-19;/h1-2,7,9,13H,3-6,8H2,(H,14,16,21);1H. The van der Waals surface area contributed by atoms with Gasteiger partial charge in [0, 0.05) is 26.2 Å². The summed E-state index contributed by atoms with van der Waals surface area (Å²) in [5, 5.41) is 16.6. The minimum Gasteiger partial charge on any atom is -0.368 e. The second-order valence-corrected chi connectivity index (χ2v) is 4.69. The predicted molar refractivity (Wildman–Crippen MR) is 83.0 cm³/mol. The molecule has 3 heterocycles. The molecule has 0 radical (unpaired) electrons. The number of nitrogens with one attached hydrogen (secondary N) is 2. The molecular weight excluding hydrogens is 308 g/mol. The molecule has 0 bridgehead atoms. The van der Waals surface area contributed by atoms with Crippen molar-refractivity contribution in [3.8, 4) is 0 Å². The number of piperazine rings is 1. The van der Waals surface area contributed by atoms with Gasteiger partial charge in [0.1, 0.15) is 18.7 Å². The van der Waals surface area contributed by atoms with Gasteiger partial charge in [0.25, 0.3) is 0 Å². The highest BCUT2D eigenvalue weighted by atomic mass is 35.5. The zero-order chi connectivity index (χ0) is 14.5. The minimum absolute atomic E-state index is 0. The van der Waals surface area contributed by atoms with Gasteiger partial charge in [-0.25, -0.2) is 9.67 Å². The average molecular weight is 325 g/mol. The van der Waals surface area contributed by atoms with Crippen LogP contribution in [0.25, 0.3) is 0 Å². The molecule has 9 nitrogen and oxygen atoms in total. The van der Waals surface area contributed by atoms with E-state index < -0.39 is 0 Å². The van der Waals surface area contributed by atoms with Crippen LogP contribution in [0.5, 0.6) is 0 Å². The molecule has 1 fully saturated rings. The fourth-order valence-electron chi connectivity index (χ4n) is 2.15. The summed E-state index contributed by atoms with van der Waals surface area (Å²) < 4.78 is 1.35. The monoisotopic (exact) mass is 324 g/mol. The van der Waals surface area contributed by atoms with Gasteiger partial charge in [0.15, 0.2) is 0 Å². The number of hydrogen-bond donors (Lipinski definition) is 2. The molecule has 1 aliphatic rings. The maximum atomic E-state index is 11.8. The lowest BCUT2D eigenvalue weighted by Gasteiger charge is -2.29. The fourth-order valence-corrected chi connectivity index (χ4v) is 2.15. The summed E-state index contributed by atoms with van der Waals surface area (Å²) in [5.74, 6) is 0.302. The van der Waals surface area contributed by atoms with Crippen LogP contribution in [0, 0.1) is 0 Å². The Kier molecular flexibility index (Phi) is 5.61. The van der Waals surface area contributed by atoms with Gasteiger partial charge in [-0.05, 0) is 22.6 Å². The van der Waals surface area contributed by atoms with E-state index in [2.05, 4.69) is 36.0 Å². The third kappa shape index (κ3) is 4.12. The van der Waals surface area contributed by atoms with E-state index in [-0.39, 0.29) is 24.9 Å². The summed E-state index contributed by atoms with van der Waals surface area (Å²) in [4.78, 5) is 18.3. The van der Waals surface area contributed by atoms with Gasteiger partial charge in [-0.3, -0.25) is 4.79 Å². The molecule has 0 aromatic carbocycles. The van der Waals surface area contributed by atoms with Gasteiger partial charge in [0.2, 0.25) is 5.91 Å². The van der Waals surface area contributed by atoms with Crippen LogP contribution in [-0.4, -0.2) is 57.3 Å². The Morgan fingerprint density at radius 2 is 2.14 bits per heavy atom. The Morgan fingerprint density at radius 3 is 2.77 bits per heavy atom. The van der Waals surface area contributed by atoms with Crippen LogP contribution in [0.2, 0.25) is 0 Å². The molecular formula is C12H17ClN8O. The van der Waals surface area contributed by atoms with Crippen molar-refractivity contribution < 1.29 is 4.79 Å². The molecule has 0 aliphatic carbocycles. The van der Waals surface area contributed by atoms with E-state index in [0.717, 1.165) is 31.9 Å². The normalized spacial score (nSPS) is 14.3. The summed E-state index contributed by atoms with van der Waals surface area (Å²) in [7, 11) is 0. The van der Waals surface area contributed by atoms with Crippen LogP contribution in [0.3, 0.4) is 0 Å². The van der Waals surface area contributed by atoms with Crippen molar-refractivity contribution in [2.45, 2.75) is 6.54 Å². The summed E-state index contributed by atoms with van der Waals surface area (Å²) in [6, 6.07) is 3.76. The maximum Gasteiger partial charge on any atom is 0.247 e. The second kappa shape index (κ2) is 7.66. The molecule has 2 aromatic heterocycles. The van der Waals surface area contributed by atoms with Gasteiger partial charge < -0.3 is 15.5 Å². The van der Waals surface area contributed by atoms with Crippen molar-refractivity contribution in [3.05, 3.63) is 24.7 Å². The number of hydrogen-bond acceptors (Lipinski definition) is 7. The fraction of sp³-hybridized carbons (Fsp3) is 0.417. The maximum absolute atomic E-state index is 11.8. The third-order valence-electron chi connectivity index (χ3n) is 3.19. The van der Waals surface area contributed by atoms with Crippen molar-refractivity contribution in [2.75, 3.05) is 36.4 Å². The summed E-state index contributed by atoms with van der Waals surface area (Å²) in [6.07, 6.45) is 3.17. The van der Waals surface area contributed by atoms with Crippen LogP contribution in [0.1, 0.15) is 0 Å². The molecule has 118 valence electrons. The van der Waals surface area contributed by atoms with Gasteiger partial charge in [-0.2, -0.15) is 0 Å². The lowest BCUT2D eigenvalue weighted by molar-refractivity contribution is -0.116. The van der Waals surface area contributed by atoms with Gasteiger partial charge in [-0.15, -0.1) is 17.5 Å². The molecule has 0 unspecified atom stereocenters. The Labute approximate surface area is 133 Å².